The molecule has 0 aliphatic rings. The molecule has 0 aromatic heterocycles. The van der Waals surface area contributed by atoms with E-state index in [1.807, 2.05) is 0 Å². The van der Waals surface area contributed by atoms with Crippen molar-refractivity contribution in [2.24, 2.45) is 0 Å². The Morgan fingerprint density at radius 3 is 0.840 bits per heavy atom. The van der Waals surface area contributed by atoms with E-state index >= 15 is 0 Å². The Morgan fingerprint density at radius 1 is 0.280 bits per heavy atom. The molecule has 0 rings (SSSR count). The molecular weight excluding hydrogens is 925 g/mol. The first-order valence-corrected chi connectivity index (χ1v) is 30.7. The molecule has 0 amide bonds. The van der Waals surface area contributed by atoms with Crippen LogP contribution in [0.1, 0.15) is 265 Å². The third kappa shape index (κ3) is 60.3. The Labute approximate surface area is 462 Å². The molecule has 0 aromatic carbocycles. The predicted octanol–water partition coefficient (Wildman–Crippen LogP) is 21.0. The van der Waals surface area contributed by atoms with Crippen LogP contribution in [-0.4, -0.2) is 37.2 Å². The average Bonchev–Trinajstić information content (AvgIpc) is 3.41. The maximum Gasteiger partial charge on any atom is 0.306 e. The molecule has 0 heterocycles. The summed E-state index contributed by atoms with van der Waals surface area (Å²) in [4.78, 5) is 37.9. The Balaban J connectivity index is 4.10. The van der Waals surface area contributed by atoms with Gasteiger partial charge in [0.25, 0.3) is 0 Å². The molecule has 424 valence electrons. The van der Waals surface area contributed by atoms with Crippen molar-refractivity contribution in [2.45, 2.75) is 271 Å². The van der Waals surface area contributed by atoms with Gasteiger partial charge in [0.2, 0.25) is 0 Å². The van der Waals surface area contributed by atoms with Crippen molar-refractivity contribution in [2.75, 3.05) is 13.2 Å². The molecule has 6 nitrogen and oxygen atoms in total. The van der Waals surface area contributed by atoms with Gasteiger partial charge >= 0.3 is 17.9 Å². The van der Waals surface area contributed by atoms with Crippen LogP contribution in [0.25, 0.3) is 0 Å². The third-order valence-corrected chi connectivity index (χ3v) is 12.7. The van der Waals surface area contributed by atoms with Gasteiger partial charge in [0, 0.05) is 19.3 Å². The topological polar surface area (TPSA) is 78.9 Å². The zero-order chi connectivity index (χ0) is 54.3. The average molecular weight is 1040 g/mol. The Bertz CT molecular complexity index is 1620. The highest BCUT2D eigenvalue weighted by molar-refractivity contribution is 5.71. The van der Waals surface area contributed by atoms with Gasteiger partial charge in [0.05, 0.1) is 0 Å². The van der Waals surface area contributed by atoms with E-state index in [-0.39, 0.29) is 37.5 Å². The van der Waals surface area contributed by atoms with E-state index in [4.69, 9.17) is 14.2 Å². The molecule has 1 atom stereocenters. The lowest BCUT2D eigenvalue weighted by molar-refractivity contribution is -0.167. The van der Waals surface area contributed by atoms with E-state index in [1.165, 1.54) is 83.5 Å². The zero-order valence-electron chi connectivity index (χ0n) is 48.5. The molecule has 6 heteroatoms. The summed E-state index contributed by atoms with van der Waals surface area (Å²) in [6.07, 6.45) is 87.9. The first kappa shape index (κ1) is 70.5. The number of ether oxygens (including phenoxy) is 3. The highest BCUT2D eigenvalue weighted by Gasteiger charge is 2.19. The first-order chi connectivity index (χ1) is 37.0. The van der Waals surface area contributed by atoms with Gasteiger partial charge in [-0.2, -0.15) is 0 Å². The fourth-order valence-electron chi connectivity index (χ4n) is 8.12. The van der Waals surface area contributed by atoms with Gasteiger partial charge in [-0.15, -0.1) is 0 Å². The molecule has 1 unspecified atom stereocenters. The number of hydrogen-bond acceptors (Lipinski definition) is 6. The second kappa shape index (κ2) is 62.1. The standard InChI is InChI=1S/C69H112O6/c1-4-7-10-13-15-17-19-21-23-25-27-29-30-31-32-33-34-35-36-37-38-40-41-43-45-47-49-51-53-56-59-62-68(71)74-65-66(64-73-67(70)61-58-55-12-9-6-3)75-69(72)63-60-57-54-52-50-48-46-44-42-39-28-26-24-22-20-18-16-14-11-8-5-2/h7-8,10-11,15-18,21-24,27-29,31-32,39,44,46,50,52,66H,4-6,9,12-14,19-20,25-26,30,33-38,40-43,45,47-49,51,53-65H2,1-3H3/b10-7-,11-8-,17-15-,18-16-,23-21-,24-22-,29-27-,32-31-,39-28-,46-44-,52-50-. The van der Waals surface area contributed by atoms with Crippen LogP contribution in [0.2, 0.25) is 0 Å². The minimum Gasteiger partial charge on any atom is -0.462 e. The van der Waals surface area contributed by atoms with Gasteiger partial charge in [-0.1, -0.05) is 264 Å². The number of allylic oxidation sites excluding steroid dienone is 22. The number of hydrogen-bond donors (Lipinski definition) is 0. The fraction of sp³-hybridized carbons (Fsp3) is 0.638. The Kier molecular flexibility index (Phi) is 58.4. The van der Waals surface area contributed by atoms with Crippen molar-refractivity contribution in [3.05, 3.63) is 134 Å². The number of esters is 3. The van der Waals surface area contributed by atoms with Crippen molar-refractivity contribution < 1.29 is 28.6 Å². The summed E-state index contributed by atoms with van der Waals surface area (Å²) in [6, 6.07) is 0. The minimum absolute atomic E-state index is 0.0979. The minimum atomic E-state index is -0.801. The molecule has 0 saturated carbocycles. The molecule has 0 bridgehead atoms. The van der Waals surface area contributed by atoms with Crippen LogP contribution in [0.15, 0.2) is 134 Å². The predicted molar refractivity (Wildman–Crippen MR) is 325 cm³/mol. The second-order valence-corrected chi connectivity index (χ2v) is 19.9. The largest absolute Gasteiger partial charge is 0.462 e. The number of rotatable bonds is 54. The highest BCUT2D eigenvalue weighted by atomic mass is 16.6. The van der Waals surface area contributed by atoms with Crippen LogP contribution in [-0.2, 0) is 28.6 Å². The molecule has 75 heavy (non-hydrogen) atoms. The maximum atomic E-state index is 12.8. The van der Waals surface area contributed by atoms with Crippen molar-refractivity contribution in [3.8, 4) is 0 Å². The third-order valence-electron chi connectivity index (χ3n) is 12.7. The van der Waals surface area contributed by atoms with E-state index in [1.54, 1.807) is 0 Å². The second-order valence-electron chi connectivity index (χ2n) is 19.9. The number of unbranched alkanes of at least 4 members (excludes halogenated alkanes) is 21. The summed E-state index contributed by atoms with van der Waals surface area (Å²) < 4.78 is 16.7. The summed E-state index contributed by atoms with van der Waals surface area (Å²) in [5.74, 6) is -0.957. The van der Waals surface area contributed by atoms with Crippen LogP contribution >= 0.6 is 0 Å². The summed E-state index contributed by atoms with van der Waals surface area (Å²) in [7, 11) is 0. The molecule has 0 aliphatic heterocycles. The first-order valence-electron chi connectivity index (χ1n) is 30.7. The number of carbonyl (C=O) groups excluding carboxylic acids is 3. The van der Waals surface area contributed by atoms with Gasteiger partial charge in [-0.25, -0.2) is 0 Å². The lowest BCUT2D eigenvalue weighted by Crippen LogP contribution is -2.30. The van der Waals surface area contributed by atoms with Crippen LogP contribution in [0, 0.1) is 0 Å². The summed E-state index contributed by atoms with van der Waals surface area (Å²) in [5.41, 5.74) is 0. The molecule has 0 spiro atoms. The molecule has 0 aromatic rings. The van der Waals surface area contributed by atoms with E-state index < -0.39 is 6.10 Å². The smallest absolute Gasteiger partial charge is 0.306 e. The quantitative estimate of drug-likeness (QED) is 0.0261. The lowest BCUT2D eigenvalue weighted by atomic mass is 10.0. The summed E-state index contributed by atoms with van der Waals surface area (Å²) >= 11 is 0. The monoisotopic (exact) mass is 1040 g/mol. The van der Waals surface area contributed by atoms with Crippen LogP contribution in [0.5, 0.6) is 0 Å². The molecule has 0 N–H and O–H groups in total. The highest BCUT2D eigenvalue weighted by Crippen LogP contribution is 2.15. The zero-order valence-corrected chi connectivity index (χ0v) is 48.5. The van der Waals surface area contributed by atoms with E-state index in [2.05, 4.69) is 154 Å². The SMILES string of the molecule is CC/C=C\C/C=C\C/C=C\C/C=C\C/C=C\C/C=C\CCCCC(=O)OC(COC(=O)CCCCCCC)COC(=O)CCCCCCCCCCCCCCCCC/C=C\C/C=C\C/C=C\C/C=C\C/C=C\CC. The molecule has 0 fully saturated rings. The molecule has 0 aliphatic carbocycles. The normalized spacial score (nSPS) is 13.1. The van der Waals surface area contributed by atoms with E-state index in [0.717, 1.165) is 135 Å². The van der Waals surface area contributed by atoms with Crippen molar-refractivity contribution in [1.82, 2.24) is 0 Å². The lowest BCUT2D eigenvalue weighted by Gasteiger charge is -2.18. The molecule has 0 radical (unpaired) electrons. The Morgan fingerprint density at radius 2 is 0.520 bits per heavy atom. The number of carbonyl (C=O) groups is 3. The van der Waals surface area contributed by atoms with E-state index in [9.17, 15) is 14.4 Å². The van der Waals surface area contributed by atoms with E-state index in [0.29, 0.717) is 19.3 Å². The van der Waals surface area contributed by atoms with Gasteiger partial charge in [0.1, 0.15) is 13.2 Å². The summed E-state index contributed by atoms with van der Waals surface area (Å²) in [6.45, 7) is 6.29. The van der Waals surface area contributed by atoms with Crippen LogP contribution in [0.3, 0.4) is 0 Å². The van der Waals surface area contributed by atoms with Gasteiger partial charge in [0.15, 0.2) is 6.10 Å². The van der Waals surface area contributed by atoms with Gasteiger partial charge in [-0.3, -0.25) is 14.4 Å². The maximum absolute atomic E-state index is 12.8. The molecule has 0 saturated heterocycles. The van der Waals surface area contributed by atoms with Crippen molar-refractivity contribution in [1.29, 1.82) is 0 Å². The van der Waals surface area contributed by atoms with Crippen molar-refractivity contribution >= 4 is 17.9 Å². The van der Waals surface area contributed by atoms with Crippen LogP contribution in [0.4, 0.5) is 0 Å². The van der Waals surface area contributed by atoms with Crippen LogP contribution < -0.4 is 0 Å². The van der Waals surface area contributed by atoms with Gasteiger partial charge < -0.3 is 14.2 Å². The Hall–Kier alpha value is -4.45. The summed E-state index contributed by atoms with van der Waals surface area (Å²) in [5, 5.41) is 0. The fourth-order valence-corrected chi connectivity index (χ4v) is 8.12. The molecular formula is C69H112O6. The van der Waals surface area contributed by atoms with Crippen molar-refractivity contribution in [3.63, 3.8) is 0 Å². The van der Waals surface area contributed by atoms with Gasteiger partial charge in [-0.05, 0) is 116 Å².